The van der Waals surface area contributed by atoms with E-state index >= 15 is 0 Å². The van der Waals surface area contributed by atoms with Crippen LogP contribution >= 0.6 is 15.9 Å². The number of hydrogen-bond acceptors (Lipinski definition) is 3. The summed E-state index contributed by atoms with van der Waals surface area (Å²) in [5.74, 6) is 0.841. The van der Waals surface area contributed by atoms with Crippen molar-refractivity contribution in [3.05, 3.63) is 59.7 Å². The largest absolute Gasteiger partial charge is 0.494 e. The van der Waals surface area contributed by atoms with Crippen LogP contribution in [0.25, 0.3) is 0 Å². The predicted octanol–water partition coefficient (Wildman–Crippen LogP) is 3.97. The molecule has 0 aliphatic heterocycles. The summed E-state index contributed by atoms with van der Waals surface area (Å²) in [7, 11) is -3.15. The molecule has 2 aromatic rings. The molecule has 0 heterocycles. The molecule has 0 radical (unpaired) electrons. The standard InChI is InChI=1S/C16H17BrO3S/c1-3-20-14-8-4-12(5-9-14)16(17)13-6-10-15(11-7-13)21(2,18)19/h4-11,16H,3H2,1-2H3. The van der Waals surface area contributed by atoms with Crippen LogP contribution in [0, 0.1) is 0 Å². The molecule has 1 atom stereocenters. The van der Waals surface area contributed by atoms with E-state index in [1.165, 1.54) is 6.26 Å². The molecule has 0 aromatic heterocycles. The molecule has 0 saturated heterocycles. The summed E-state index contributed by atoms with van der Waals surface area (Å²) < 4.78 is 28.3. The third kappa shape index (κ3) is 4.08. The smallest absolute Gasteiger partial charge is 0.175 e. The van der Waals surface area contributed by atoms with Crippen molar-refractivity contribution in [2.75, 3.05) is 12.9 Å². The summed E-state index contributed by atoms with van der Waals surface area (Å²) >= 11 is 3.64. The van der Waals surface area contributed by atoms with Crippen LogP contribution in [0.3, 0.4) is 0 Å². The zero-order chi connectivity index (χ0) is 15.5. The lowest BCUT2D eigenvalue weighted by Gasteiger charge is -2.12. The first-order chi connectivity index (χ1) is 9.91. The van der Waals surface area contributed by atoms with Gasteiger partial charge < -0.3 is 4.74 Å². The van der Waals surface area contributed by atoms with E-state index in [0.29, 0.717) is 11.5 Å². The lowest BCUT2D eigenvalue weighted by Crippen LogP contribution is -1.98. The molecule has 0 aliphatic rings. The first kappa shape index (κ1) is 16.0. The van der Waals surface area contributed by atoms with Gasteiger partial charge in [0.25, 0.3) is 0 Å². The second-order valence-electron chi connectivity index (χ2n) is 4.71. The fourth-order valence-electron chi connectivity index (χ4n) is 1.98. The third-order valence-electron chi connectivity index (χ3n) is 3.08. The van der Waals surface area contributed by atoms with E-state index in [2.05, 4.69) is 15.9 Å². The Kier molecular flexibility index (Phi) is 5.06. The van der Waals surface area contributed by atoms with Gasteiger partial charge in [0.1, 0.15) is 5.75 Å². The molecule has 0 fully saturated rings. The topological polar surface area (TPSA) is 43.4 Å². The average molecular weight is 369 g/mol. The number of benzene rings is 2. The summed E-state index contributed by atoms with van der Waals surface area (Å²) in [4.78, 5) is 0.347. The van der Waals surface area contributed by atoms with Gasteiger partial charge in [-0.25, -0.2) is 8.42 Å². The lowest BCUT2D eigenvalue weighted by atomic mass is 10.0. The monoisotopic (exact) mass is 368 g/mol. The molecule has 21 heavy (non-hydrogen) atoms. The summed E-state index contributed by atoms with van der Waals surface area (Å²) in [6, 6.07) is 14.8. The maximum absolute atomic E-state index is 11.5. The molecular formula is C16H17BrO3S. The van der Waals surface area contributed by atoms with Gasteiger partial charge in [-0.1, -0.05) is 40.2 Å². The molecule has 0 aliphatic carbocycles. The zero-order valence-corrected chi connectivity index (χ0v) is 14.3. The molecule has 0 saturated carbocycles. The second-order valence-corrected chi connectivity index (χ2v) is 7.64. The minimum Gasteiger partial charge on any atom is -0.494 e. The van der Waals surface area contributed by atoms with Crippen molar-refractivity contribution in [3.63, 3.8) is 0 Å². The van der Waals surface area contributed by atoms with Crippen LogP contribution in [0.4, 0.5) is 0 Å². The number of alkyl halides is 1. The highest BCUT2D eigenvalue weighted by Crippen LogP contribution is 2.32. The van der Waals surface area contributed by atoms with E-state index in [1.807, 2.05) is 43.3 Å². The van der Waals surface area contributed by atoms with Gasteiger partial charge in [0.2, 0.25) is 0 Å². The highest BCUT2D eigenvalue weighted by molar-refractivity contribution is 9.09. The predicted molar refractivity (Wildman–Crippen MR) is 87.9 cm³/mol. The molecule has 0 spiro atoms. The maximum Gasteiger partial charge on any atom is 0.175 e. The summed E-state index contributed by atoms with van der Waals surface area (Å²) in [5, 5.41) is 0. The summed E-state index contributed by atoms with van der Waals surface area (Å²) in [5.41, 5.74) is 2.09. The fraction of sp³-hybridized carbons (Fsp3) is 0.250. The van der Waals surface area contributed by atoms with E-state index in [4.69, 9.17) is 4.74 Å². The van der Waals surface area contributed by atoms with Gasteiger partial charge >= 0.3 is 0 Å². The van der Waals surface area contributed by atoms with Gasteiger partial charge in [-0.15, -0.1) is 0 Å². The number of sulfone groups is 1. The van der Waals surface area contributed by atoms with Crippen LogP contribution in [-0.4, -0.2) is 21.3 Å². The van der Waals surface area contributed by atoms with Crippen LogP contribution in [0.1, 0.15) is 22.9 Å². The van der Waals surface area contributed by atoms with Crippen LogP contribution in [0.5, 0.6) is 5.75 Å². The SMILES string of the molecule is CCOc1ccc(C(Br)c2ccc(S(C)(=O)=O)cc2)cc1. The van der Waals surface area contributed by atoms with E-state index < -0.39 is 9.84 Å². The van der Waals surface area contributed by atoms with Crippen molar-refractivity contribution in [2.45, 2.75) is 16.6 Å². The molecule has 1 unspecified atom stereocenters. The molecule has 112 valence electrons. The van der Waals surface area contributed by atoms with Gasteiger partial charge in [-0.05, 0) is 42.3 Å². The van der Waals surface area contributed by atoms with Gasteiger partial charge in [-0.2, -0.15) is 0 Å². The number of rotatable bonds is 5. The second kappa shape index (κ2) is 6.62. The van der Waals surface area contributed by atoms with Crippen molar-refractivity contribution in [1.29, 1.82) is 0 Å². The van der Waals surface area contributed by atoms with Crippen molar-refractivity contribution in [1.82, 2.24) is 0 Å². The molecule has 2 aromatic carbocycles. The highest BCUT2D eigenvalue weighted by Gasteiger charge is 2.12. The Morgan fingerprint density at radius 1 is 1.00 bits per heavy atom. The number of hydrogen-bond donors (Lipinski definition) is 0. The quantitative estimate of drug-likeness (QED) is 0.749. The Balaban J connectivity index is 2.21. The van der Waals surface area contributed by atoms with Crippen molar-refractivity contribution in [2.24, 2.45) is 0 Å². The Labute approximate surface area is 134 Å². The molecule has 3 nitrogen and oxygen atoms in total. The Morgan fingerprint density at radius 2 is 1.48 bits per heavy atom. The van der Waals surface area contributed by atoms with Crippen molar-refractivity contribution >= 4 is 25.8 Å². The molecule has 0 amide bonds. The fourth-order valence-corrected chi connectivity index (χ4v) is 3.22. The zero-order valence-electron chi connectivity index (χ0n) is 11.9. The van der Waals surface area contributed by atoms with E-state index in [0.717, 1.165) is 16.9 Å². The van der Waals surface area contributed by atoms with Crippen LogP contribution in [0.2, 0.25) is 0 Å². The molecular weight excluding hydrogens is 352 g/mol. The van der Waals surface area contributed by atoms with E-state index in [1.54, 1.807) is 12.1 Å². The Hall–Kier alpha value is -1.33. The molecule has 2 rings (SSSR count). The Bertz CT molecular complexity index is 691. The number of halogens is 1. The van der Waals surface area contributed by atoms with Crippen LogP contribution < -0.4 is 4.74 Å². The molecule has 5 heteroatoms. The van der Waals surface area contributed by atoms with Gasteiger partial charge in [0.15, 0.2) is 9.84 Å². The third-order valence-corrected chi connectivity index (χ3v) is 5.27. The van der Waals surface area contributed by atoms with Crippen LogP contribution in [0.15, 0.2) is 53.4 Å². The number of ether oxygens (including phenoxy) is 1. The summed E-state index contributed by atoms with van der Waals surface area (Å²) in [6.07, 6.45) is 1.21. The average Bonchev–Trinajstić information content (AvgIpc) is 2.47. The first-order valence-corrected chi connectivity index (χ1v) is 9.39. The van der Waals surface area contributed by atoms with Crippen LogP contribution in [-0.2, 0) is 9.84 Å². The van der Waals surface area contributed by atoms with Crippen molar-refractivity contribution in [3.8, 4) is 5.75 Å². The van der Waals surface area contributed by atoms with Gasteiger partial charge in [-0.3, -0.25) is 0 Å². The molecule has 0 N–H and O–H groups in total. The first-order valence-electron chi connectivity index (χ1n) is 6.58. The minimum atomic E-state index is -3.15. The maximum atomic E-state index is 11.5. The lowest BCUT2D eigenvalue weighted by molar-refractivity contribution is 0.340. The van der Waals surface area contributed by atoms with E-state index in [9.17, 15) is 8.42 Å². The van der Waals surface area contributed by atoms with E-state index in [-0.39, 0.29) is 4.83 Å². The van der Waals surface area contributed by atoms with Gasteiger partial charge in [0, 0.05) is 6.26 Å². The van der Waals surface area contributed by atoms with Crippen molar-refractivity contribution < 1.29 is 13.2 Å². The molecule has 0 bridgehead atoms. The van der Waals surface area contributed by atoms with Gasteiger partial charge in [0.05, 0.1) is 16.3 Å². The highest BCUT2D eigenvalue weighted by atomic mass is 79.9. The Morgan fingerprint density at radius 3 is 1.90 bits per heavy atom. The minimum absolute atomic E-state index is 0.0155. The normalized spacial score (nSPS) is 12.9. The summed E-state index contributed by atoms with van der Waals surface area (Å²) in [6.45, 7) is 2.59.